The fourth-order valence-corrected chi connectivity index (χ4v) is 4.60. The van der Waals surface area contributed by atoms with Crippen molar-refractivity contribution in [1.29, 1.82) is 0 Å². The molecule has 2 aromatic carbocycles. The van der Waals surface area contributed by atoms with E-state index < -0.39 is 0 Å². The summed E-state index contributed by atoms with van der Waals surface area (Å²) in [5, 5.41) is 9.88. The van der Waals surface area contributed by atoms with Gasteiger partial charge in [-0.25, -0.2) is 0 Å². The van der Waals surface area contributed by atoms with E-state index in [9.17, 15) is 5.11 Å². The number of hydrogen-bond donors (Lipinski definition) is 1. The van der Waals surface area contributed by atoms with Crippen LogP contribution in [-0.2, 0) is 5.41 Å². The first-order valence-corrected chi connectivity index (χ1v) is 9.00. The number of aromatic hydroxyl groups is 1. The highest BCUT2D eigenvalue weighted by molar-refractivity contribution is 5.48. The minimum atomic E-state index is 0.238. The van der Waals surface area contributed by atoms with Gasteiger partial charge in [0.1, 0.15) is 5.75 Å². The Kier molecular flexibility index (Phi) is 4.15. The number of phenols is 1. The van der Waals surface area contributed by atoms with Gasteiger partial charge in [-0.15, -0.1) is 0 Å². The Morgan fingerprint density at radius 3 is 2.83 bits per heavy atom. The number of nitrogens with zero attached hydrogens (tertiary/aromatic N) is 1. The van der Waals surface area contributed by atoms with Crippen LogP contribution >= 0.6 is 0 Å². The molecule has 2 nitrogen and oxygen atoms in total. The van der Waals surface area contributed by atoms with Crippen molar-refractivity contribution >= 4 is 6.08 Å². The zero-order chi connectivity index (χ0) is 16.4. The summed E-state index contributed by atoms with van der Waals surface area (Å²) < 4.78 is 0. The van der Waals surface area contributed by atoms with Crippen LogP contribution in [-0.4, -0.2) is 29.1 Å². The lowest BCUT2D eigenvalue weighted by Gasteiger charge is -2.32. The smallest absolute Gasteiger partial charge is 0.115 e. The third-order valence-corrected chi connectivity index (χ3v) is 5.75. The molecule has 0 radical (unpaired) electrons. The quantitative estimate of drug-likeness (QED) is 0.890. The van der Waals surface area contributed by atoms with Gasteiger partial charge in [-0.3, -0.25) is 4.90 Å². The summed E-state index contributed by atoms with van der Waals surface area (Å²) in [5.74, 6) is 0.395. The molecule has 1 aliphatic carbocycles. The molecule has 2 aromatic rings. The van der Waals surface area contributed by atoms with Crippen molar-refractivity contribution in [1.82, 2.24) is 4.90 Å². The number of benzene rings is 2. The summed E-state index contributed by atoms with van der Waals surface area (Å²) in [5.41, 5.74) is 2.83. The number of phenolic OH excluding ortho intramolecular Hbond substituents is 1. The second-order valence-corrected chi connectivity index (χ2v) is 7.32. The van der Waals surface area contributed by atoms with Crippen molar-refractivity contribution in [2.45, 2.75) is 37.1 Å². The van der Waals surface area contributed by atoms with E-state index in [1.807, 2.05) is 12.1 Å². The van der Waals surface area contributed by atoms with E-state index in [1.54, 1.807) is 6.07 Å². The summed E-state index contributed by atoms with van der Waals surface area (Å²) in [6.07, 6.45) is 9.59. The lowest BCUT2D eigenvalue weighted by atomic mass is 9.71. The molecule has 2 atom stereocenters. The molecule has 0 spiro atoms. The second kappa shape index (κ2) is 6.45. The molecule has 1 saturated carbocycles. The zero-order valence-electron chi connectivity index (χ0n) is 14.1. The monoisotopic (exact) mass is 319 g/mol. The maximum absolute atomic E-state index is 9.88. The molecule has 1 heterocycles. The van der Waals surface area contributed by atoms with Gasteiger partial charge in [0.25, 0.3) is 0 Å². The van der Waals surface area contributed by atoms with E-state index in [1.165, 1.54) is 36.8 Å². The van der Waals surface area contributed by atoms with Crippen molar-refractivity contribution in [3.05, 3.63) is 71.8 Å². The van der Waals surface area contributed by atoms with Gasteiger partial charge >= 0.3 is 0 Å². The van der Waals surface area contributed by atoms with Gasteiger partial charge in [-0.1, -0.05) is 61.0 Å². The maximum atomic E-state index is 9.88. The van der Waals surface area contributed by atoms with Crippen molar-refractivity contribution in [2.75, 3.05) is 13.1 Å². The number of fused-ring (bicyclic) bond motifs is 2. The third-order valence-electron chi connectivity index (χ3n) is 5.75. The zero-order valence-corrected chi connectivity index (χ0v) is 14.1. The van der Waals surface area contributed by atoms with Crippen LogP contribution in [0, 0.1) is 0 Å². The average Bonchev–Trinajstić information content (AvgIpc) is 2.87. The van der Waals surface area contributed by atoms with Crippen molar-refractivity contribution in [2.24, 2.45) is 0 Å². The Hall–Kier alpha value is -2.06. The largest absolute Gasteiger partial charge is 0.508 e. The van der Waals surface area contributed by atoms with Crippen molar-refractivity contribution < 1.29 is 5.11 Å². The molecule has 2 aliphatic rings. The van der Waals surface area contributed by atoms with E-state index in [4.69, 9.17) is 0 Å². The maximum Gasteiger partial charge on any atom is 0.115 e. The summed E-state index contributed by atoms with van der Waals surface area (Å²) >= 11 is 0. The average molecular weight is 319 g/mol. The number of rotatable bonds is 4. The molecule has 1 aliphatic heterocycles. The predicted octanol–water partition coefficient (Wildman–Crippen LogP) is 4.60. The standard InChI is InChI=1S/C22H25NO/c24-21-12-4-10-19(15-21)22-13-5-11-20(16-22)23(17-22)14-6-9-18-7-2-1-3-8-18/h1-4,6-10,12,15,20,24H,5,11,13-14,16-17H2/b9-6+. The lowest BCUT2D eigenvalue weighted by molar-refractivity contribution is 0.269. The van der Waals surface area contributed by atoms with E-state index in [0.29, 0.717) is 11.8 Å². The van der Waals surface area contributed by atoms with Crippen LogP contribution in [0.5, 0.6) is 5.75 Å². The summed E-state index contributed by atoms with van der Waals surface area (Å²) in [7, 11) is 0. The van der Waals surface area contributed by atoms with E-state index in [2.05, 4.69) is 53.5 Å². The van der Waals surface area contributed by atoms with Gasteiger partial charge < -0.3 is 5.11 Å². The Morgan fingerprint density at radius 1 is 1.12 bits per heavy atom. The molecule has 2 fully saturated rings. The van der Waals surface area contributed by atoms with Gasteiger partial charge in [0.15, 0.2) is 0 Å². The molecule has 1 saturated heterocycles. The van der Waals surface area contributed by atoms with Gasteiger partial charge in [-0.05, 0) is 42.5 Å². The van der Waals surface area contributed by atoms with Crippen LogP contribution in [0.4, 0.5) is 0 Å². The van der Waals surface area contributed by atoms with Crippen molar-refractivity contribution in [3.8, 4) is 5.75 Å². The van der Waals surface area contributed by atoms with Gasteiger partial charge in [0, 0.05) is 24.5 Å². The molecule has 24 heavy (non-hydrogen) atoms. The highest BCUT2D eigenvalue weighted by atomic mass is 16.3. The SMILES string of the molecule is Oc1cccc(C23CCCC(C2)N(C/C=C/c2ccccc2)C3)c1. The minimum Gasteiger partial charge on any atom is -0.508 e. The Morgan fingerprint density at radius 2 is 2.00 bits per heavy atom. The highest BCUT2D eigenvalue weighted by Gasteiger charge is 2.47. The first kappa shape index (κ1) is 15.5. The third kappa shape index (κ3) is 2.99. The molecule has 124 valence electrons. The molecule has 0 aromatic heterocycles. The molecule has 1 N–H and O–H groups in total. The Labute approximate surface area is 144 Å². The molecule has 2 unspecified atom stereocenters. The number of likely N-dealkylation sites (tertiary alicyclic amines) is 1. The fraction of sp³-hybridized carbons (Fsp3) is 0.364. The minimum absolute atomic E-state index is 0.238. The Balaban J connectivity index is 1.49. The Bertz CT molecular complexity index is 724. The van der Waals surface area contributed by atoms with Gasteiger partial charge in [0.05, 0.1) is 0 Å². The normalized spacial score (nSPS) is 26.9. The van der Waals surface area contributed by atoms with E-state index >= 15 is 0 Å². The first-order valence-electron chi connectivity index (χ1n) is 9.00. The summed E-state index contributed by atoms with van der Waals surface area (Å²) in [4.78, 5) is 2.64. The van der Waals surface area contributed by atoms with Gasteiger partial charge in [0.2, 0.25) is 0 Å². The van der Waals surface area contributed by atoms with Crippen LogP contribution in [0.25, 0.3) is 6.08 Å². The van der Waals surface area contributed by atoms with Crippen LogP contribution in [0.1, 0.15) is 36.8 Å². The fourth-order valence-electron chi connectivity index (χ4n) is 4.60. The summed E-state index contributed by atoms with van der Waals surface area (Å²) in [6, 6.07) is 19.1. The van der Waals surface area contributed by atoms with Crippen LogP contribution in [0.3, 0.4) is 0 Å². The predicted molar refractivity (Wildman–Crippen MR) is 99.1 cm³/mol. The van der Waals surface area contributed by atoms with Crippen molar-refractivity contribution in [3.63, 3.8) is 0 Å². The van der Waals surface area contributed by atoms with E-state index in [-0.39, 0.29) is 5.41 Å². The van der Waals surface area contributed by atoms with Crippen LogP contribution in [0.15, 0.2) is 60.7 Å². The van der Waals surface area contributed by atoms with Gasteiger partial charge in [-0.2, -0.15) is 0 Å². The van der Waals surface area contributed by atoms with Crippen LogP contribution in [0.2, 0.25) is 0 Å². The van der Waals surface area contributed by atoms with Crippen LogP contribution < -0.4 is 0 Å². The molecule has 4 rings (SSSR count). The molecular weight excluding hydrogens is 294 g/mol. The lowest BCUT2D eigenvalue weighted by Crippen LogP contribution is -2.30. The molecular formula is C22H25NO. The highest BCUT2D eigenvalue weighted by Crippen LogP contribution is 2.47. The number of hydrogen-bond acceptors (Lipinski definition) is 2. The second-order valence-electron chi connectivity index (χ2n) is 7.32. The first-order chi connectivity index (χ1) is 11.8. The topological polar surface area (TPSA) is 23.5 Å². The summed E-state index contributed by atoms with van der Waals surface area (Å²) in [6.45, 7) is 2.13. The molecule has 0 amide bonds. The molecule has 2 heteroatoms. The van der Waals surface area contributed by atoms with E-state index in [0.717, 1.165) is 13.1 Å². The molecule has 2 bridgehead atoms.